The van der Waals surface area contributed by atoms with E-state index in [0.717, 1.165) is 23.1 Å². The van der Waals surface area contributed by atoms with Gasteiger partial charge < -0.3 is 5.32 Å². The topological polar surface area (TPSA) is 76.5 Å². The summed E-state index contributed by atoms with van der Waals surface area (Å²) in [6.45, 7) is 1.96. The number of nitrogens with one attached hydrogen (secondary N) is 1. The summed E-state index contributed by atoms with van der Waals surface area (Å²) >= 11 is 0. The van der Waals surface area contributed by atoms with E-state index in [1.165, 1.54) is 43.2 Å². The van der Waals surface area contributed by atoms with Crippen LogP contribution in [0.3, 0.4) is 0 Å². The van der Waals surface area contributed by atoms with Crippen LogP contribution in [0.15, 0.2) is 67.0 Å². The summed E-state index contributed by atoms with van der Waals surface area (Å²) in [5.74, 6) is 3.60. The minimum atomic E-state index is 0.579. The minimum absolute atomic E-state index is 0.579. The smallest absolute Gasteiger partial charge is 0.180 e. The molecule has 3 aromatic heterocycles. The second-order valence-electron chi connectivity index (χ2n) is 8.76. The number of anilines is 2. The first-order valence-electron chi connectivity index (χ1n) is 11.7. The molecule has 5 rings (SSSR count). The van der Waals surface area contributed by atoms with Crippen LogP contribution in [0.5, 0.6) is 0 Å². The Labute approximate surface area is 194 Å². The van der Waals surface area contributed by atoms with E-state index in [-0.39, 0.29) is 0 Å². The van der Waals surface area contributed by atoms with Crippen LogP contribution in [0.1, 0.15) is 48.3 Å². The molecule has 1 saturated carbocycles. The maximum atomic E-state index is 4.69. The molecule has 166 valence electrons. The van der Waals surface area contributed by atoms with E-state index in [1.807, 2.05) is 37.3 Å². The predicted octanol–water partition coefficient (Wildman–Crippen LogP) is 5.70. The molecule has 1 aliphatic rings. The van der Waals surface area contributed by atoms with E-state index in [0.29, 0.717) is 23.9 Å². The summed E-state index contributed by atoms with van der Waals surface area (Å²) in [6.07, 6.45) is 11.0. The number of rotatable bonds is 7. The number of nitrogens with zero attached hydrogens (tertiary/aromatic N) is 5. The van der Waals surface area contributed by atoms with Gasteiger partial charge in [0.05, 0.1) is 0 Å². The standard InChI is InChI=1S/C27H28N6/c1-19-5-4-8-23(30-19)27-29-16-14-25(33-27)31-24-13-15-28-26(32-24)18-22-11-9-21(10-12-22)17-20-6-2-3-7-20/h4-5,8-16,20H,2-3,6-7,17-18H2,1H3,(H,28,29,31,32,33). The number of hydrogen-bond donors (Lipinski definition) is 1. The minimum Gasteiger partial charge on any atom is -0.325 e. The molecule has 0 aliphatic heterocycles. The van der Waals surface area contributed by atoms with Crippen molar-refractivity contribution in [3.05, 3.63) is 89.6 Å². The molecular weight excluding hydrogens is 408 g/mol. The molecule has 3 heterocycles. The lowest BCUT2D eigenvalue weighted by Gasteiger charge is -2.10. The molecular formula is C27H28N6. The Balaban J connectivity index is 1.25. The van der Waals surface area contributed by atoms with E-state index in [9.17, 15) is 0 Å². The van der Waals surface area contributed by atoms with Gasteiger partial charge in [-0.25, -0.2) is 24.9 Å². The highest BCUT2D eigenvalue weighted by Crippen LogP contribution is 2.28. The highest BCUT2D eigenvalue weighted by molar-refractivity contribution is 5.56. The van der Waals surface area contributed by atoms with Gasteiger partial charge in [0.15, 0.2) is 5.82 Å². The molecule has 4 aromatic rings. The van der Waals surface area contributed by atoms with E-state index >= 15 is 0 Å². The van der Waals surface area contributed by atoms with Gasteiger partial charge in [0.25, 0.3) is 0 Å². The van der Waals surface area contributed by atoms with Crippen molar-refractivity contribution in [2.24, 2.45) is 5.92 Å². The maximum Gasteiger partial charge on any atom is 0.180 e. The Morgan fingerprint density at radius 3 is 2.30 bits per heavy atom. The molecule has 1 aliphatic carbocycles. The summed E-state index contributed by atoms with van der Waals surface area (Å²) in [7, 11) is 0. The number of hydrogen-bond acceptors (Lipinski definition) is 6. The summed E-state index contributed by atoms with van der Waals surface area (Å²) in [4.78, 5) is 22.6. The van der Waals surface area contributed by atoms with Crippen LogP contribution in [0.25, 0.3) is 11.5 Å². The summed E-state index contributed by atoms with van der Waals surface area (Å²) in [5, 5.41) is 3.27. The first kappa shape index (κ1) is 21.2. The van der Waals surface area contributed by atoms with Gasteiger partial charge in [-0.3, -0.25) is 0 Å². The molecule has 33 heavy (non-hydrogen) atoms. The zero-order chi connectivity index (χ0) is 22.5. The van der Waals surface area contributed by atoms with Gasteiger partial charge in [-0.05, 0) is 54.7 Å². The van der Waals surface area contributed by atoms with Crippen molar-refractivity contribution in [2.45, 2.75) is 45.4 Å². The second kappa shape index (κ2) is 9.86. The lowest BCUT2D eigenvalue weighted by molar-refractivity contribution is 0.546. The van der Waals surface area contributed by atoms with Crippen LogP contribution in [0.2, 0.25) is 0 Å². The third-order valence-electron chi connectivity index (χ3n) is 6.12. The quantitative estimate of drug-likeness (QED) is 0.400. The molecule has 1 aromatic carbocycles. The fourth-order valence-electron chi connectivity index (χ4n) is 4.43. The first-order valence-corrected chi connectivity index (χ1v) is 11.7. The Bertz CT molecular complexity index is 1220. The highest BCUT2D eigenvalue weighted by atomic mass is 15.1. The third kappa shape index (κ3) is 5.58. The Morgan fingerprint density at radius 1 is 0.788 bits per heavy atom. The van der Waals surface area contributed by atoms with E-state index in [2.05, 4.69) is 54.5 Å². The molecule has 0 saturated heterocycles. The maximum absolute atomic E-state index is 4.69. The van der Waals surface area contributed by atoms with Crippen molar-refractivity contribution in [3.63, 3.8) is 0 Å². The molecule has 6 nitrogen and oxygen atoms in total. The van der Waals surface area contributed by atoms with Crippen molar-refractivity contribution in [1.82, 2.24) is 24.9 Å². The highest BCUT2D eigenvalue weighted by Gasteiger charge is 2.15. The van der Waals surface area contributed by atoms with Gasteiger partial charge in [0, 0.05) is 24.5 Å². The molecule has 1 fully saturated rings. The lowest BCUT2D eigenvalue weighted by atomic mass is 9.97. The van der Waals surface area contributed by atoms with Gasteiger partial charge in [0.1, 0.15) is 23.2 Å². The van der Waals surface area contributed by atoms with E-state index in [4.69, 9.17) is 0 Å². The van der Waals surface area contributed by atoms with E-state index in [1.54, 1.807) is 12.4 Å². The molecule has 0 radical (unpaired) electrons. The van der Waals surface area contributed by atoms with Crippen molar-refractivity contribution in [1.29, 1.82) is 0 Å². The fourth-order valence-corrected chi connectivity index (χ4v) is 4.43. The largest absolute Gasteiger partial charge is 0.325 e. The normalized spacial score (nSPS) is 13.8. The van der Waals surface area contributed by atoms with Gasteiger partial charge >= 0.3 is 0 Å². The molecule has 0 amide bonds. The van der Waals surface area contributed by atoms with Gasteiger partial charge in [-0.15, -0.1) is 0 Å². The van der Waals surface area contributed by atoms with Crippen LogP contribution in [0, 0.1) is 12.8 Å². The van der Waals surface area contributed by atoms with Crippen molar-refractivity contribution in [2.75, 3.05) is 5.32 Å². The van der Waals surface area contributed by atoms with Gasteiger partial charge in [0.2, 0.25) is 0 Å². The van der Waals surface area contributed by atoms with Crippen LogP contribution in [-0.2, 0) is 12.8 Å². The third-order valence-corrected chi connectivity index (χ3v) is 6.12. The number of benzene rings is 1. The average Bonchev–Trinajstić information content (AvgIpc) is 3.34. The molecule has 6 heteroatoms. The zero-order valence-electron chi connectivity index (χ0n) is 18.9. The second-order valence-corrected chi connectivity index (χ2v) is 8.76. The van der Waals surface area contributed by atoms with Crippen LogP contribution < -0.4 is 5.32 Å². The first-order chi connectivity index (χ1) is 16.2. The summed E-state index contributed by atoms with van der Waals surface area (Å²) in [6, 6.07) is 18.4. The summed E-state index contributed by atoms with van der Waals surface area (Å²) < 4.78 is 0. The van der Waals surface area contributed by atoms with Gasteiger partial charge in [-0.2, -0.15) is 0 Å². The monoisotopic (exact) mass is 436 g/mol. The van der Waals surface area contributed by atoms with Gasteiger partial charge in [-0.1, -0.05) is 56.0 Å². The number of pyridine rings is 1. The SMILES string of the molecule is Cc1cccc(-c2nccc(Nc3ccnc(Cc4ccc(CC5CCCC5)cc4)n3)n2)n1. The van der Waals surface area contributed by atoms with Crippen molar-refractivity contribution >= 4 is 11.6 Å². The van der Waals surface area contributed by atoms with E-state index < -0.39 is 0 Å². The fraction of sp³-hybridized carbons (Fsp3) is 0.296. The molecule has 0 bridgehead atoms. The Morgan fingerprint density at radius 2 is 1.52 bits per heavy atom. The molecule has 1 N–H and O–H groups in total. The lowest BCUT2D eigenvalue weighted by Crippen LogP contribution is -2.03. The number of aryl methyl sites for hydroxylation is 1. The van der Waals surface area contributed by atoms with Crippen molar-refractivity contribution in [3.8, 4) is 11.5 Å². The Kier molecular flexibility index (Phi) is 6.33. The molecule has 0 unspecified atom stereocenters. The Hall–Kier alpha value is -3.67. The van der Waals surface area contributed by atoms with Crippen molar-refractivity contribution < 1.29 is 0 Å². The van der Waals surface area contributed by atoms with Crippen LogP contribution in [-0.4, -0.2) is 24.9 Å². The zero-order valence-corrected chi connectivity index (χ0v) is 18.9. The molecule has 0 spiro atoms. The predicted molar refractivity (Wildman–Crippen MR) is 130 cm³/mol. The van der Waals surface area contributed by atoms with Crippen LogP contribution in [0.4, 0.5) is 11.6 Å². The van der Waals surface area contributed by atoms with Crippen LogP contribution >= 0.6 is 0 Å². The molecule has 0 atom stereocenters. The number of aromatic nitrogens is 5. The average molecular weight is 437 g/mol. The summed E-state index contributed by atoms with van der Waals surface area (Å²) in [5.41, 5.74) is 4.33.